The molecule has 0 radical (unpaired) electrons. The van der Waals surface area contributed by atoms with E-state index in [-0.39, 0.29) is 10.1 Å². The molecule has 3 aromatic rings. The van der Waals surface area contributed by atoms with E-state index >= 15 is 0 Å². The van der Waals surface area contributed by atoms with Gasteiger partial charge in [-0.1, -0.05) is 26.0 Å². The number of benzene rings is 1. The SMILES string of the molecule is Cc1nccn1Cc1ccc(-c2cc(CC(C)C)sc2S(=O)(=O)NC(=O)O)c(C#N)c1. The third-order valence-electron chi connectivity index (χ3n) is 4.60. The molecule has 3 rings (SSSR count). The van der Waals surface area contributed by atoms with Crippen molar-refractivity contribution in [2.45, 2.75) is 37.9 Å². The van der Waals surface area contributed by atoms with Crippen LogP contribution in [-0.4, -0.2) is 29.2 Å². The number of nitriles is 1. The van der Waals surface area contributed by atoms with Crippen LogP contribution in [0.25, 0.3) is 11.1 Å². The molecule has 0 unspecified atom stereocenters. The van der Waals surface area contributed by atoms with E-state index in [1.54, 1.807) is 29.1 Å². The Morgan fingerprint density at radius 3 is 2.65 bits per heavy atom. The highest BCUT2D eigenvalue weighted by Gasteiger charge is 2.26. The van der Waals surface area contributed by atoms with Crippen LogP contribution in [0, 0.1) is 24.2 Å². The Hall–Kier alpha value is -3.16. The average molecular weight is 459 g/mol. The number of hydrogen-bond acceptors (Lipinski definition) is 6. The summed E-state index contributed by atoms with van der Waals surface area (Å²) in [5, 5.41) is 18.7. The summed E-state index contributed by atoms with van der Waals surface area (Å²) in [6, 6.07) is 9.14. The van der Waals surface area contributed by atoms with Crippen molar-refractivity contribution < 1.29 is 18.3 Å². The number of sulfonamides is 1. The summed E-state index contributed by atoms with van der Waals surface area (Å²) in [4.78, 5) is 16.0. The molecule has 0 saturated carbocycles. The third-order valence-corrected chi connectivity index (χ3v) is 7.61. The summed E-state index contributed by atoms with van der Waals surface area (Å²) in [7, 11) is -4.29. The monoisotopic (exact) mass is 458 g/mol. The van der Waals surface area contributed by atoms with Crippen molar-refractivity contribution in [2.24, 2.45) is 5.92 Å². The number of imidazole rings is 1. The number of aromatic nitrogens is 2. The number of hydrogen-bond donors (Lipinski definition) is 2. The Labute approximate surface area is 184 Å². The molecule has 1 amide bonds. The maximum absolute atomic E-state index is 12.7. The standard InChI is InChI=1S/C21H22N4O4S2/c1-13(2)8-17-10-19(20(30-17)31(28,29)24-21(26)27)18-5-4-15(9-16(18)11-22)12-25-7-6-23-14(25)3/h4-7,9-10,13,24H,8,12H2,1-3H3,(H,26,27). The number of rotatable bonds is 7. The smallest absolute Gasteiger partial charge is 0.418 e. The average Bonchev–Trinajstić information content (AvgIpc) is 3.27. The topological polar surface area (TPSA) is 125 Å². The first-order chi connectivity index (χ1) is 14.6. The van der Waals surface area contributed by atoms with Crippen LogP contribution in [0.5, 0.6) is 0 Å². The van der Waals surface area contributed by atoms with E-state index in [1.807, 2.05) is 37.6 Å². The van der Waals surface area contributed by atoms with Crippen molar-refractivity contribution in [3.63, 3.8) is 0 Å². The highest BCUT2D eigenvalue weighted by molar-refractivity contribution is 7.92. The number of thiophene rings is 1. The van der Waals surface area contributed by atoms with E-state index in [9.17, 15) is 18.5 Å². The quantitative estimate of drug-likeness (QED) is 0.551. The Morgan fingerprint density at radius 1 is 1.32 bits per heavy atom. The largest absolute Gasteiger partial charge is 0.464 e. The van der Waals surface area contributed by atoms with Gasteiger partial charge in [-0.3, -0.25) is 0 Å². The second-order valence-corrected chi connectivity index (χ2v) is 10.5. The van der Waals surface area contributed by atoms with Crippen LogP contribution in [0.1, 0.15) is 35.7 Å². The summed E-state index contributed by atoms with van der Waals surface area (Å²) < 4.78 is 28.8. The maximum Gasteiger partial charge on any atom is 0.418 e. The van der Waals surface area contributed by atoms with E-state index in [0.717, 1.165) is 27.6 Å². The molecule has 0 atom stereocenters. The molecule has 0 aliphatic heterocycles. The lowest BCUT2D eigenvalue weighted by Crippen LogP contribution is -2.28. The first-order valence-electron chi connectivity index (χ1n) is 9.50. The maximum atomic E-state index is 12.7. The zero-order valence-corrected chi connectivity index (χ0v) is 18.9. The third kappa shape index (κ3) is 5.13. The minimum atomic E-state index is -4.29. The molecule has 0 saturated heterocycles. The molecule has 0 spiro atoms. The van der Waals surface area contributed by atoms with Gasteiger partial charge in [-0.2, -0.15) is 5.26 Å². The van der Waals surface area contributed by atoms with Gasteiger partial charge < -0.3 is 9.67 Å². The van der Waals surface area contributed by atoms with E-state index < -0.39 is 16.1 Å². The Kier molecular flexibility index (Phi) is 6.48. The normalized spacial score (nSPS) is 11.5. The lowest BCUT2D eigenvalue weighted by Gasteiger charge is -2.10. The van der Waals surface area contributed by atoms with Gasteiger partial charge in [0.25, 0.3) is 10.0 Å². The Morgan fingerprint density at radius 2 is 2.06 bits per heavy atom. The van der Waals surface area contributed by atoms with E-state index in [0.29, 0.717) is 29.7 Å². The van der Waals surface area contributed by atoms with Gasteiger partial charge >= 0.3 is 6.09 Å². The Balaban J connectivity index is 2.10. The van der Waals surface area contributed by atoms with Gasteiger partial charge in [0.1, 0.15) is 10.0 Å². The number of carboxylic acid groups (broad SMARTS) is 1. The van der Waals surface area contributed by atoms with Gasteiger partial charge in [0.2, 0.25) is 0 Å². The van der Waals surface area contributed by atoms with E-state index in [1.165, 1.54) is 0 Å². The molecule has 8 nitrogen and oxygen atoms in total. The molecule has 1 aromatic carbocycles. The van der Waals surface area contributed by atoms with Crippen LogP contribution in [0.4, 0.5) is 4.79 Å². The molecular weight excluding hydrogens is 436 g/mol. The van der Waals surface area contributed by atoms with Crippen molar-refractivity contribution in [1.82, 2.24) is 14.3 Å². The van der Waals surface area contributed by atoms with Crippen molar-refractivity contribution in [2.75, 3.05) is 0 Å². The predicted octanol–water partition coefficient (Wildman–Crippen LogP) is 3.99. The van der Waals surface area contributed by atoms with Crippen LogP contribution < -0.4 is 4.72 Å². The Bertz CT molecular complexity index is 1270. The fourth-order valence-corrected chi connectivity index (χ4v) is 6.04. The number of amides is 1. The highest BCUT2D eigenvalue weighted by Crippen LogP contribution is 2.38. The van der Waals surface area contributed by atoms with Gasteiger partial charge in [0.05, 0.1) is 11.6 Å². The van der Waals surface area contributed by atoms with Crippen molar-refractivity contribution in [1.29, 1.82) is 5.26 Å². The molecule has 0 fully saturated rings. The van der Waals surface area contributed by atoms with Gasteiger partial charge in [-0.15, -0.1) is 11.3 Å². The zero-order valence-electron chi connectivity index (χ0n) is 17.3. The predicted molar refractivity (Wildman–Crippen MR) is 117 cm³/mol. The number of nitrogens with zero attached hydrogens (tertiary/aromatic N) is 3. The lowest BCUT2D eigenvalue weighted by molar-refractivity contribution is 0.201. The van der Waals surface area contributed by atoms with E-state index in [4.69, 9.17) is 5.11 Å². The van der Waals surface area contributed by atoms with Crippen LogP contribution in [0.3, 0.4) is 0 Å². The van der Waals surface area contributed by atoms with Crippen molar-refractivity contribution in [3.8, 4) is 17.2 Å². The van der Waals surface area contributed by atoms with Gasteiger partial charge in [0.15, 0.2) is 0 Å². The molecule has 10 heteroatoms. The molecule has 162 valence electrons. The fourth-order valence-electron chi connectivity index (χ4n) is 3.26. The summed E-state index contributed by atoms with van der Waals surface area (Å²) >= 11 is 1.03. The van der Waals surface area contributed by atoms with Crippen LogP contribution in [-0.2, 0) is 23.0 Å². The van der Waals surface area contributed by atoms with Crippen LogP contribution in [0.15, 0.2) is 40.9 Å². The van der Waals surface area contributed by atoms with Crippen LogP contribution in [0.2, 0.25) is 0 Å². The number of nitrogens with one attached hydrogen (secondary N) is 1. The summed E-state index contributed by atoms with van der Waals surface area (Å²) in [6.07, 6.45) is 2.52. The number of carbonyl (C=O) groups is 1. The number of aryl methyl sites for hydroxylation is 1. The zero-order chi connectivity index (χ0) is 22.8. The molecule has 2 aromatic heterocycles. The van der Waals surface area contributed by atoms with Crippen LogP contribution >= 0.6 is 11.3 Å². The molecule has 31 heavy (non-hydrogen) atoms. The molecule has 2 N–H and O–H groups in total. The highest BCUT2D eigenvalue weighted by atomic mass is 32.2. The van der Waals surface area contributed by atoms with Gasteiger partial charge in [-0.05, 0) is 37.0 Å². The summed E-state index contributed by atoms with van der Waals surface area (Å²) in [6.45, 7) is 6.43. The first kappa shape index (κ1) is 22.5. The molecule has 2 heterocycles. The second-order valence-electron chi connectivity index (χ2n) is 7.52. The van der Waals surface area contributed by atoms with Crippen molar-refractivity contribution in [3.05, 3.63) is 58.5 Å². The van der Waals surface area contributed by atoms with Gasteiger partial charge in [-0.25, -0.2) is 22.9 Å². The minimum Gasteiger partial charge on any atom is -0.464 e. The van der Waals surface area contributed by atoms with Crippen molar-refractivity contribution >= 4 is 27.5 Å². The minimum absolute atomic E-state index is 0.111. The molecule has 0 aliphatic rings. The first-order valence-corrected chi connectivity index (χ1v) is 11.8. The second kappa shape index (κ2) is 8.91. The molecular formula is C21H22N4O4S2. The molecule has 0 bridgehead atoms. The summed E-state index contributed by atoms with van der Waals surface area (Å²) in [5.74, 6) is 1.12. The van der Waals surface area contributed by atoms with E-state index in [2.05, 4.69) is 11.1 Å². The van der Waals surface area contributed by atoms with Gasteiger partial charge in [0, 0.05) is 34.9 Å². The lowest BCUT2D eigenvalue weighted by atomic mass is 9.99. The fraction of sp³-hybridized carbons (Fsp3) is 0.286. The summed E-state index contributed by atoms with van der Waals surface area (Å²) in [5.41, 5.74) is 1.96. The molecule has 0 aliphatic carbocycles.